The van der Waals surface area contributed by atoms with Gasteiger partial charge < -0.3 is 21.9 Å². The highest BCUT2D eigenvalue weighted by atomic mass is 35.5. The van der Waals surface area contributed by atoms with Gasteiger partial charge in [-0.15, -0.1) is 0 Å². The lowest BCUT2D eigenvalue weighted by Crippen LogP contribution is -3.00. The van der Waals surface area contributed by atoms with Crippen LogP contribution in [0.25, 0.3) is 0 Å². The van der Waals surface area contributed by atoms with E-state index < -0.39 is 0 Å². The van der Waals surface area contributed by atoms with E-state index in [1.54, 1.807) is 26.4 Å². The van der Waals surface area contributed by atoms with E-state index in [2.05, 4.69) is 23.6 Å². The molecule has 0 aliphatic carbocycles. The number of unbranched alkanes of at least 4 members (excludes halogenated alkanes) is 4. The molecule has 32 heavy (non-hydrogen) atoms. The number of nitrogens with zero attached hydrogens (tertiary/aromatic N) is 2. The molecule has 0 saturated carbocycles. The maximum Gasteiger partial charge on any atom is 0.278 e. The summed E-state index contributed by atoms with van der Waals surface area (Å²) in [5.41, 5.74) is 4.61. The molecule has 3 rings (SSSR count). The summed E-state index contributed by atoms with van der Waals surface area (Å²) in [4.78, 5) is 11.2. The number of halogens is 1. The number of hydrogen-bond acceptors (Lipinski definition) is 4. The number of hydrogen-bond donors (Lipinski definition) is 0. The van der Waals surface area contributed by atoms with Crippen molar-refractivity contribution in [3.63, 3.8) is 0 Å². The first-order valence-electron chi connectivity index (χ1n) is 11.2. The number of benzene rings is 2. The molecule has 0 fully saturated rings. The highest BCUT2D eigenvalue weighted by molar-refractivity contribution is 5.99. The van der Waals surface area contributed by atoms with Gasteiger partial charge in [-0.1, -0.05) is 44.7 Å². The molecule has 0 amide bonds. The number of methoxy groups -OCH3 is 2. The van der Waals surface area contributed by atoms with Gasteiger partial charge in [0.1, 0.15) is 6.54 Å². The van der Waals surface area contributed by atoms with Gasteiger partial charge in [-0.2, -0.15) is 0 Å². The molecule has 0 spiro atoms. The Labute approximate surface area is 196 Å². The number of nitro benzene ring substituents is 1. The molecule has 6 nitrogen and oxygen atoms in total. The predicted octanol–water partition coefficient (Wildman–Crippen LogP) is 2.53. The first-order valence-corrected chi connectivity index (χ1v) is 11.2. The van der Waals surface area contributed by atoms with Crippen LogP contribution in [-0.4, -0.2) is 36.0 Å². The number of nitro groups is 1. The van der Waals surface area contributed by atoms with Crippen LogP contribution in [0.2, 0.25) is 0 Å². The van der Waals surface area contributed by atoms with Gasteiger partial charge in [0.15, 0.2) is 23.8 Å². The van der Waals surface area contributed by atoms with Crippen molar-refractivity contribution in [2.45, 2.75) is 58.4 Å². The molecule has 0 aromatic heterocycles. The number of fused-ring (bicyclic) bond motifs is 1. The number of rotatable bonds is 11. The monoisotopic (exact) mass is 460 g/mol. The van der Waals surface area contributed by atoms with Crippen LogP contribution in [0.15, 0.2) is 36.4 Å². The van der Waals surface area contributed by atoms with E-state index in [4.69, 9.17) is 9.47 Å². The first-order chi connectivity index (χ1) is 15.1. The SMILES string of the molecule is CCCCCCCC1=[N+](Cc2ccccc2[N+](=O)[O-])CCc2cc(OC)c(OC)cc21.[Cl-]. The van der Waals surface area contributed by atoms with Crippen molar-refractivity contribution in [3.05, 3.63) is 63.2 Å². The van der Waals surface area contributed by atoms with E-state index in [0.29, 0.717) is 6.54 Å². The van der Waals surface area contributed by atoms with Crippen LogP contribution in [0.5, 0.6) is 11.5 Å². The lowest BCUT2D eigenvalue weighted by Gasteiger charge is -2.21. The molecule has 0 radical (unpaired) electrons. The fraction of sp³-hybridized carbons (Fsp3) is 0.480. The summed E-state index contributed by atoms with van der Waals surface area (Å²) in [5.74, 6) is 1.47. The maximum absolute atomic E-state index is 11.5. The van der Waals surface area contributed by atoms with Crippen molar-refractivity contribution in [1.82, 2.24) is 0 Å². The zero-order valence-electron chi connectivity index (χ0n) is 19.2. The van der Waals surface area contributed by atoms with Crippen molar-refractivity contribution in [2.24, 2.45) is 0 Å². The Hall–Kier alpha value is -2.60. The summed E-state index contributed by atoms with van der Waals surface area (Å²) in [6, 6.07) is 11.2. The highest BCUT2D eigenvalue weighted by Gasteiger charge is 2.29. The second-order valence-corrected chi connectivity index (χ2v) is 8.03. The van der Waals surface area contributed by atoms with Crippen LogP contribution in [0.4, 0.5) is 5.69 Å². The van der Waals surface area contributed by atoms with Crippen LogP contribution >= 0.6 is 0 Å². The second-order valence-electron chi connectivity index (χ2n) is 8.03. The van der Waals surface area contributed by atoms with Crippen LogP contribution in [0.3, 0.4) is 0 Å². The van der Waals surface area contributed by atoms with Gasteiger partial charge in [0.25, 0.3) is 5.69 Å². The predicted molar refractivity (Wildman–Crippen MR) is 123 cm³/mol. The summed E-state index contributed by atoms with van der Waals surface area (Å²) in [5, 5.41) is 11.5. The third-order valence-corrected chi connectivity index (χ3v) is 6.02. The quantitative estimate of drug-likeness (QED) is 0.224. The van der Waals surface area contributed by atoms with Gasteiger partial charge in [0.05, 0.1) is 24.7 Å². The maximum atomic E-state index is 11.5. The topological polar surface area (TPSA) is 64.6 Å². The molecule has 0 unspecified atom stereocenters. The lowest BCUT2D eigenvalue weighted by atomic mass is 9.92. The minimum Gasteiger partial charge on any atom is -1.00 e. The fourth-order valence-electron chi connectivity index (χ4n) is 4.35. The van der Waals surface area contributed by atoms with Gasteiger partial charge in [-0.3, -0.25) is 10.1 Å². The number of para-hydroxylation sites is 1. The average Bonchev–Trinajstić information content (AvgIpc) is 2.79. The number of ether oxygens (including phenoxy) is 2. The molecule has 0 atom stereocenters. The van der Waals surface area contributed by atoms with Crippen molar-refractivity contribution >= 4 is 11.4 Å². The molecule has 7 heteroatoms. The van der Waals surface area contributed by atoms with Crippen molar-refractivity contribution in [3.8, 4) is 11.5 Å². The standard InChI is InChI=1S/C25H33N2O4.ClH/c1-4-5-6-7-8-13-23-21-17-25(31-3)24(30-2)16-19(21)14-15-26(23)18-20-11-9-10-12-22(20)27(28)29;/h9-12,16-17H,4-8,13-15,18H2,1-3H3;1H/q+1;/p-1. The minimum atomic E-state index is -0.286. The Bertz CT molecular complexity index is 959. The van der Waals surface area contributed by atoms with E-state index in [0.717, 1.165) is 42.9 Å². The molecule has 0 N–H and O–H groups in total. The van der Waals surface area contributed by atoms with Gasteiger partial charge >= 0.3 is 0 Å². The third kappa shape index (κ3) is 6.00. The van der Waals surface area contributed by atoms with Gasteiger partial charge in [0.2, 0.25) is 0 Å². The van der Waals surface area contributed by atoms with E-state index in [9.17, 15) is 10.1 Å². The van der Waals surface area contributed by atoms with Crippen LogP contribution < -0.4 is 21.9 Å². The summed E-state index contributed by atoms with van der Waals surface area (Å²) in [6.07, 6.45) is 7.85. The van der Waals surface area contributed by atoms with Crippen LogP contribution in [0.1, 0.15) is 62.1 Å². The van der Waals surface area contributed by atoms with Crippen molar-refractivity contribution in [1.29, 1.82) is 0 Å². The second kappa shape index (κ2) is 12.4. The molecular formula is C25H33ClN2O4. The zero-order valence-corrected chi connectivity index (χ0v) is 20.0. The van der Waals surface area contributed by atoms with E-state index in [1.807, 2.05) is 12.1 Å². The fourth-order valence-corrected chi connectivity index (χ4v) is 4.35. The molecule has 2 aromatic carbocycles. The largest absolute Gasteiger partial charge is 1.00 e. The van der Waals surface area contributed by atoms with E-state index in [1.165, 1.54) is 42.5 Å². The van der Waals surface area contributed by atoms with Gasteiger partial charge in [-0.05, 0) is 30.2 Å². The Kier molecular flexibility index (Phi) is 9.97. The zero-order chi connectivity index (χ0) is 22.2. The van der Waals surface area contributed by atoms with E-state index in [-0.39, 0.29) is 23.0 Å². The van der Waals surface area contributed by atoms with Crippen LogP contribution in [0, 0.1) is 10.1 Å². The lowest BCUT2D eigenvalue weighted by molar-refractivity contribution is -0.546. The molecule has 1 heterocycles. The molecule has 1 aliphatic heterocycles. The van der Waals surface area contributed by atoms with Gasteiger partial charge in [0, 0.05) is 24.5 Å². The summed E-state index contributed by atoms with van der Waals surface area (Å²) in [6.45, 7) is 3.59. The normalized spacial score (nSPS) is 12.7. The summed E-state index contributed by atoms with van der Waals surface area (Å²) < 4.78 is 13.4. The van der Waals surface area contributed by atoms with Crippen molar-refractivity contribution < 1.29 is 31.4 Å². The molecular weight excluding hydrogens is 428 g/mol. The Morgan fingerprint density at radius 3 is 2.41 bits per heavy atom. The Morgan fingerprint density at radius 2 is 1.72 bits per heavy atom. The van der Waals surface area contributed by atoms with Crippen LogP contribution in [-0.2, 0) is 13.0 Å². The summed E-state index contributed by atoms with van der Waals surface area (Å²) in [7, 11) is 3.31. The van der Waals surface area contributed by atoms with Crippen molar-refractivity contribution in [2.75, 3.05) is 20.8 Å². The average molecular weight is 461 g/mol. The Morgan fingerprint density at radius 1 is 1.03 bits per heavy atom. The molecule has 0 bridgehead atoms. The highest BCUT2D eigenvalue weighted by Crippen LogP contribution is 2.34. The third-order valence-electron chi connectivity index (χ3n) is 6.02. The molecule has 1 aliphatic rings. The minimum absolute atomic E-state index is 0. The Balaban J connectivity index is 0.00000363. The smallest absolute Gasteiger partial charge is 0.278 e. The molecule has 0 saturated heterocycles. The van der Waals surface area contributed by atoms with Gasteiger partial charge in [-0.25, -0.2) is 4.58 Å². The molecule has 174 valence electrons. The summed E-state index contributed by atoms with van der Waals surface area (Å²) >= 11 is 0. The first kappa shape index (κ1) is 25.7. The molecule has 2 aromatic rings. The van der Waals surface area contributed by atoms with E-state index >= 15 is 0 Å².